The van der Waals surface area contributed by atoms with Gasteiger partial charge in [0.15, 0.2) is 0 Å². The number of hydrogen-bond acceptors (Lipinski definition) is 5. The zero-order chi connectivity index (χ0) is 18.5. The van der Waals surface area contributed by atoms with Crippen molar-refractivity contribution in [3.05, 3.63) is 0 Å². The van der Waals surface area contributed by atoms with Crippen LogP contribution in [0.25, 0.3) is 0 Å². The molecule has 0 aliphatic carbocycles. The van der Waals surface area contributed by atoms with Crippen molar-refractivity contribution < 1.29 is 30.3 Å². The van der Waals surface area contributed by atoms with Crippen molar-refractivity contribution in [2.24, 2.45) is 0 Å². The first kappa shape index (κ1) is 27.5. The minimum Gasteiger partial charge on any atom is -0.477 e. The zero-order valence-electron chi connectivity index (χ0n) is 16.0. The van der Waals surface area contributed by atoms with Gasteiger partial charge in [-0.2, -0.15) is 0 Å². The first-order valence-electron chi connectivity index (χ1n) is 9.38. The monoisotopic (exact) mass is 371 g/mol. The van der Waals surface area contributed by atoms with Crippen molar-refractivity contribution in [2.45, 2.75) is 108 Å². The molecule has 0 unspecified atom stereocenters. The summed E-state index contributed by atoms with van der Waals surface area (Å²) in [5.41, 5.74) is 0. The molecule has 25 heavy (non-hydrogen) atoms. The Bertz CT molecular complexity index is 334. The summed E-state index contributed by atoms with van der Waals surface area (Å²) >= 11 is 0. The van der Waals surface area contributed by atoms with Crippen LogP contribution in [0.5, 0.6) is 0 Å². The van der Waals surface area contributed by atoms with Gasteiger partial charge in [0.2, 0.25) is 5.79 Å². The summed E-state index contributed by atoms with van der Waals surface area (Å²) in [6.45, 7) is 2.22. The SMILES string of the molecule is CCCCCCCCCCCCCCCC(O)(O)C(O)(O)C(=O)O.[Na]. The van der Waals surface area contributed by atoms with Gasteiger partial charge in [0.25, 0.3) is 0 Å². The largest absolute Gasteiger partial charge is 0.477 e. The first-order valence-corrected chi connectivity index (χ1v) is 9.38. The number of aliphatic hydroxyl groups is 4. The van der Waals surface area contributed by atoms with E-state index in [1.54, 1.807) is 0 Å². The van der Waals surface area contributed by atoms with Gasteiger partial charge in [-0.3, -0.25) is 0 Å². The summed E-state index contributed by atoms with van der Waals surface area (Å²) in [5.74, 6) is -8.64. The second-order valence-corrected chi connectivity index (χ2v) is 6.79. The van der Waals surface area contributed by atoms with Crippen LogP contribution >= 0.6 is 0 Å². The minimum absolute atomic E-state index is 0. The van der Waals surface area contributed by atoms with Crippen LogP contribution in [0.4, 0.5) is 0 Å². The smallest absolute Gasteiger partial charge is 0.370 e. The van der Waals surface area contributed by atoms with Crippen molar-refractivity contribution in [2.75, 3.05) is 0 Å². The van der Waals surface area contributed by atoms with Gasteiger partial charge in [-0.1, -0.05) is 84.0 Å². The maximum Gasteiger partial charge on any atom is 0.370 e. The maximum atomic E-state index is 10.6. The van der Waals surface area contributed by atoms with Crippen molar-refractivity contribution in [3.8, 4) is 0 Å². The Morgan fingerprint density at radius 3 is 1.32 bits per heavy atom. The molecule has 145 valence electrons. The average molecular weight is 371 g/mol. The van der Waals surface area contributed by atoms with E-state index in [4.69, 9.17) is 15.3 Å². The van der Waals surface area contributed by atoms with E-state index in [1.807, 2.05) is 0 Å². The van der Waals surface area contributed by atoms with Crippen LogP contribution in [0.1, 0.15) is 96.8 Å². The molecule has 7 heteroatoms. The van der Waals surface area contributed by atoms with Gasteiger partial charge in [0.1, 0.15) is 0 Å². The third-order valence-electron chi connectivity index (χ3n) is 4.49. The molecule has 0 saturated carbocycles. The first-order chi connectivity index (χ1) is 11.3. The van der Waals surface area contributed by atoms with E-state index in [2.05, 4.69) is 6.92 Å². The van der Waals surface area contributed by atoms with Crippen molar-refractivity contribution >= 4 is 35.5 Å². The number of rotatable bonds is 16. The average Bonchev–Trinajstić information content (AvgIpc) is 2.51. The third kappa shape index (κ3) is 12.3. The molecule has 0 rings (SSSR count). The predicted octanol–water partition coefficient (Wildman–Crippen LogP) is 2.53. The molecule has 0 aromatic heterocycles. The van der Waals surface area contributed by atoms with Crippen LogP contribution < -0.4 is 0 Å². The number of carboxylic acid groups (broad SMARTS) is 1. The molecule has 0 bridgehead atoms. The molecule has 0 aliphatic heterocycles. The molecular formula is C18H36NaO6. The molecule has 1 radical (unpaired) electrons. The van der Waals surface area contributed by atoms with Gasteiger partial charge in [-0.15, -0.1) is 0 Å². The van der Waals surface area contributed by atoms with Gasteiger partial charge in [-0.05, 0) is 6.42 Å². The van der Waals surface area contributed by atoms with E-state index >= 15 is 0 Å². The predicted molar refractivity (Wildman–Crippen MR) is 98.0 cm³/mol. The summed E-state index contributed by atoms with van der Waals surface area (Å²) in [6, 6.07) is 0. The third-order valence-corrected chi connectivity index (χ3v) is 4.49. The van der Waals surface area contributed by atoms with Crippen molar-refractivity contribution in [1.29, 1.82) is 0 Å². The topological polar surface area (TPSA) is 118 Å². The van der Waals surface area contributed by atoms with E-state index in [0.29, 0.717) is 12.8 Å². The number of hydrogen-bond donors (Lipinski definition) is 5. The summed E-state index contributed by atoms with van der Waals surface area (Å²) in [5, 5.41) is 45.8. The number of carboxylic acids is 1. The second kappa shape index (κ2) is 15.4. The van der Waals surface area contributed by atoms with E-state index in [-0.39, 0.29) is 36.0 Å². The van der Waals surface area contributed by atoms with Crippen LogP contribution in [-0.2, 0) is 4.79 Å². The van der Waals surface area contributed by atoms with Crippen LogP contribution in [0.3, 0.4) is 0 Å². The number of aliphatic carboxylic acids is 1. The molecule has 0 aromatic rings. The Morgan fingerprint density at radius 2 is 1.00 bits per heavy atom. The molecule has 0 aliphatic rings. The van der Waals surface area contributed by atoms with Crippen LogP contribution in [0.2, 0.25) is 0 Å². The fourth-order valence-corrected chi connectivity index (χ4v) is 2.73. The summed E-state index contributed by atoms with van der Waals surface area (Å²) in [7, 11) is 0. The minimum atomic E-state index is -3.54. The van der Waals surface area contributed by atoms with E-state index in [1.165, 1.54) is 51.4 Å². The molecule has 0 spiro atoms. The fourth-order valence-electron chi connectivity index (χ4n) is 2.73. The summed E-state index contributed by atoms with van der Waals surface area (Å²) in [4.78, 5) is 10.6. The molecular weight excluding hydrogens is 335 g/mol. The van der Waals surface area contributed by atoms with Crippen LogP contribution in [-0.4, -0.2) is 72.6 Å². The summed E-state index contributed by atoms with van der Waals surface area (Å²) < 4.78 is 0. The molecule has 0 heterocycles. The Kier molecular flexibility index (Phi) is 16.9. The van der Waals surface area contributed by atoms with Gasteiger partial charge in [0, 0.05) is 36.0 Å². The second-order valence-electron chi connectivity index (χ2n) is 6.79. The van der Waals surface area contributed by atoms with Crippen LogP contribution in [0.15, 0.2) is 0 Å². The van der Waals surface area contributed by atoms with E-state index in [9.17, 15) is 15.0 Å². The van der Waals surface area contributed by atoms with E-state index in [0.717, 1.165) is 19.3 Å². The molecule has 0 fully saturated rings. The molecule has 0 atom stereocenters. The molecule has 5 N–H and O–H groups in total. The van der Waals surface area contributed by atoms with E-state index < -0.39 is 17.5 Å². The Hall–Kier alpha value is 0.310. The Morgan fingerprint density at radius 1 is 0.680 bits per heavy atom. The Balaban J connectivity index is 0. The molecule has 0 aromatic carbocycles. The Labute approximate surface area is 173 Å². The van der Waals surface area contributed by atoms with Crippen molar-refractivity contribution in [3.63, 3.8) is 0 Å². The quantitative estimate of drug-likeness (QED) is 0.162. The zero-order valence-corrected chi connectivity index (χ0v) is 18.0. The molecule has 0 amide bonds. The normalized spacial score (nSPS) is 12.0. The fraction of sp³-hybridized carbons (Fsp3) is 0.944. The van der Waals surface area contributed by atoms with Crippen LogP contribution in [0, 0.1) is 0 Å². The van der Waals surface area contributed by atoms with Crippen molar-refractivity contribution in [1.82, 2.24) is 0 Å². The van der Waals surface area contributed by atoms with Gasteiger partial charge in [-0.25, -0.2) is 4.79 Å². The molecule has 6 nitrogen and oxygen atoms in total. The summed E-state index contributed by atoms with van der Waals surface area (Å²) in [6.07, 6.45) is 14.2. The molecule has 0 saturated heterocycles. The van der Waals surface area contributed by atoms with Gasteiger partial charge < -0.3 is 25.5 Å². The number of carbonyl (C=O) groups is 1. The standard InChI is InChI=1S/C18H36O6.Na/c1-2-3-4-5-6-7-8-9-10-11-12-13-14-15-17(21,22)18(23,24)16(19)20;/h21-24H,2-15H2,1H3,(H,19,20);. The maximum absolute atomic E-state index is 10.6. The number of unbranched alkanes of at least 4 members (excludes halogenated alkanes) is 12. The van der Waals surface area contributed by atoms with Gasteiger partial charge in [0.05, 0.1) is 0 Å². The van der Waals surface area contributed by atoms with Gasteiger partial charge >= 0.3 is 11.8 Å².